The molecule has 7 rings (SSSR count). The van der Waals surface area contributed by atoms with E-state index >= 15 is 0 Å². The minimum Gasteiger partial charge on any atom is -0.478 e. The summed E-state index contributed by atoms with van der Waals surface area (Å²) in [6, 6.07) is 11.0. The first kappa shape index (κ1) is 44.1. The fraction of sp³-hybridized carbons (Fsp3) is 0.341. The van der Waals surface area contributed by atoms with Crippen molar-refractivity contribution in [2.45, 2.75) is 58.0 Å². The van der Waals surface area contributed by atoms with Crippen molar-refractivity contribution >= 4 is 66.3 Å². The standard InChI is InChI=1S/C44H46N4O12S2/c1-43(2)21-26(23-61(54,55)56)29-17-32-36(19-34(29)46(43)5)60-37-20-35-30(27(24-62(57,58)59)22-44(3,4)47(35)6)18-33(37)40(32)28-11-10-25(16-31(28)42(52)53)41(51)45-14-8-7-9-15-48-38(49)12-13-39(48)50/h10-13,16-22H,7-9,14-15,23-24H2,1-6H3,(H3-,45,51,52,53,54,55,56,57,58,59)/p+1. The summed E-state index contributed by atoms with van der Waals surface area (Å²) >= 11 is 0. The van der Waals surface area contributed by atoms with Crippen LogP contribution >= 0.6 is 0 Å². The number of hydrogen-bond acceptors (Lipinski definition) is 10. The molecule has 0 aliphatic carbocycles. The molecule has 4 aliphatic heterocycles. The molecule has 0 aromatic heterocycles. The van der Waals surface area contributed by atoms with Crippen LogP contribution in [0.1, 0.15) is 89.9 Å². The van der Waals surface area contributed by atoms with E-state index in [4.69, 9.17) is 4.74 Å². The fourth-order valence-electron chi connectivity index (χ4n) is 8.38. The second-order valence-electron chi connectivity index (χ2n) is 17.0. The molecule has 3 amide bonds. The maximum Gasteiger partial charge on any atom is 0.336 e. The second-order valence-corrected chi connectivity index (χ2v) is 19.9. The van der Waals surface area contributed by atoms with E-state index in [-0.39, 0.29) is 41.6 Å². The van der Waals surface area contributed by atoms with Crippen LogP contribution < -0.4 is 30.1 Å². The molecule has 0 atom stereocenters. The summed E-state index contributed by atoms with van der Waals surface area (Å²) in [5.74, 6) is -3.46. The molecule has 0 spiro atoms. The Kier molecular flexibility index (Phi) is 11.2. The number of carbonyl (C=O) groups excluding carboxylic acids is 3. The van der Waals surface area contributed by atoms with E-state index in [2.05, 4.69) is 5.32 Å². The van der Waals surface area contributed by atoms with Crippen LogP contribution in [0.4, 0.5) is 5.69 Å². The van der Waals surface area contributed by atoms with Crippen LogP contribution in [-0.4, -0.2) is 109 Å². The first-order valence-electron chi connectivity index (χ1n) is 19.8. The van der Waals surface area contributed by atoms with Gasteiger partial charge < -0.3 is 20.1 Å². The number of unbranched alkanes of at least 4 members (excludes halogenated alkanes) is 2. The van der Waals surface area contributed by atoms with Crippen molar-refractivity contribution in [2.75, 3.05) is 43.6 Å². The topological polar surface area (TPSA) is 228 Å². The molecule has 4 N–H and O–H groups in total. The Bertz CT molecular complexity index is 2950. The molecular formula is C44H47N4O12S2+. The number of likely N-dealkylation sites (N-methyl/N-ethyl adjacent to an activating group) is 2. The first-order chi connectivity index (χ1) is 28.8. The van der Waals surface area contributed by atoms with Gasteiger partial charge in [0.15, 0.2) is 5.54 Å². The monoisotopic (exact) mass is 887 g/mol. The molecule has 0 unspecified atom stereocenters. The lowest BCUT2D eigenvalue weighted by Gasteiger charge is -2.41. The Morgan fingerprint density at radius 1 is 0.790 bits per heavy atom. The van der Waals surface area contributed by atoms with Crippen LogP contribution in [0.2, 0.25) is 0 Å². The van der Waals surface area contributed by atoms with Gasteiger partial charge in [0.25, 0.3) is 38.0 Å². The van der Waals surface area contributed by atoms with Crippen molar-refractivity contribution in [3.05, 3.63) is 111 Å². The molecule has 3 aromatic rings. The number of fused-ring (bicyclic) bond motifs is 4. The number of anilines is 1. The average molecular weight is 888 g/mol. The predicted octanol–water partition coefficient (Wildman–Crippen LogP) is 3.25. The van der Waals surface area contributed by atoms with Crippen molar-refractivity contribution in [3.63, 3.8) is 0 Å². The molecule has 0 radical (unpaired) electrons. The molecule has 62 heavy (non-hydrogen) atoms. The van der Waals surface area contributed by atoms with Crippen LogP contribution in [-0.2, 0) is 29.8 Å². The molecule has 326 valence electrons. The number of benzene rings is 3. The number of nitrogens with zero attached hydrogens (tertiary/aromatic N) is 3. The van der Waals surface area contributed by atoms with E-state index in [0.29, 0.717) is 80.4 Å². The minimum absolute atomic E-state index is 0.0546. The summed E-state index contributed by atoms with van der Waals surface area (Å²) in [5.41, 5.74) is 1.26. The van der Waals surface area contributed by atoms with Crippen molar-refractivity contribution < 1.29 is 55.0 Å². The van der Waals surface area contributed by atoms with Crippen LogP contribution in [0.3, 0.4) is 0 Å². The van der Waals surface area contributed by atoms with Crippen LogP contribution in [0.25, 0.3) is 16.7 Å². The largest absolute Gasteiger partial charge is 0.478 e. The number of ether oxygens (including phenoxy) is 1. The highest BCUT2D eigenvalue weighted by molar-refractivity contribution is 7.86. The lowest BCUT2D eigenvalue weighted by Crippen LogP contribution is -2.47. The molecule has 0 saturated heterocycles. The summed E-state index contributed by atoms with van der Waals surface area (Å²) < 4.78 is 78.0. The first-order valence-corrected chi connectivity index (χ1v) is 23.0. The average Bonchev–Trinajstić information content (AvgIpc) is 3.49. The summed E-state index contributed by atoms with van der Waals surface area (Å²) in [4.78, 5) is 53.3. The normalized spacial score (nSPS) is 17.4. The van der Waals surface area contributed by atoms with Gasteiger partial charge in [-0.25, -0.2) is 9.37 Å². The number of hydrogen-bond donors (Lipinski definition) is 4. The third kappa shape index (κ3) is 8.59. The fourth-order valence-corrected chi connectivity index (χ4v) is 9.65. The number of amides is 3. The highest BCUT2D eigenvalue weighted by atomic mass is 32.2. The lowest BCUT2D eigenvalue weighted by molar-refractivity contribution is -0.136. The molecular weight excluding hydrogens is 841 g/mol. The van der Waals surface area contributed by atoms with Crippen LogP contribution in [0.15, 0.2) is 66.8 Å². The zero-order valence-corrected chi connectivity index (χ0v) is 36.6. The molecule has 4 heterocycles. The SMILES string of the molecule is CN1c2cc3c(cc2C(CS(=O)(=O)O)=CC1(C)C)C(c1ccc(C(=O)NCCCCCN2C(=O)C=CC2=O)cc1C(=O)O)=c1cc2c(cc1O3)=[N+](C)C(C)(C)C=C2CS(=O)(=O)O. The van der Waals surface area contributed by atoms with Crippen molar-refractivity contribution in [2.24, 2.45) is 0 Å². The van der Waals surface area contributed by atoms with Gasteiger partial charge in [-0.15, -0.1) is 0 Å². The second kappa shape index (κ2) is 15.7. The Morgan fingerprint density at radius 3 is 2.06 bits per heavy atom. The predicted molar refractivity (Wildman–Crippen MR) is 232 cm³/mol. The van der Waals surface area contributed by atoms with Gasteiger partial charge in [-0.05, 0) is 80.2 Å². The van der Waals surface area contributed by atoms with Gasteiger partial charge in [0.2, 0.25) is 5.36 Å². The van der Waals surface area contributed by atoms with E-state index in [1.165, 1.54) is 30.4 Å². The van der Waals surface area contributed by atoms with Gasteiger partial charge in [-0.2, -0.15) is 16.8 Å². The highest BCUT2D eigenvalue weighted by Crippen LogP contribution is 2.46. The lowest BCUT2D eigenvalue weighted by atomic mass is 9.83. The third-order valence-electron chi connectivity index (χ3n) is 11.9. The van der Waals surface area contributed by atoms with E-state index in [1.54, 1.807) is 36.4 Å². The van der Waals surface area contributed by atoms with Crippen molar-refractivity contribution in [1.29, 1.82) is 0 Å². The number of carbonyl (C=O) groups is 4. The molecule has 16 nitrogen and oxygen atoms in total. The van der Waals surface area contributed by atoms with E-state index < -0.39 is 54.7 Å². The number of nitrogens with one attached hydrogen (secondary N) is 1. The van der Waals surface area contributed by atoms with Gasteiger partial charge >= 0.3 is 5.97 Å². The number of carboxylic acids is 1. The maximum atomic E-state index is 13.4. The molecule has 0 bridgehead atoms. The smallest absolute Gasteiger partial charge is 0.336 e. The molecule has 0 saturated carbocycles. The summed E-state index contributed by atoms with van der Waals surface area (Å²) in [5, 5.41) is 14.5. The van der Waals surface area contributed by atoms with Crippen molar-refractivity contribution in [1.82, 2.24) is 14.8 Å². The maximum absolute atomic E-state index is 13.4. The van der Waals surface area contributed by atoms with E-state index in [1.807, 2.05) is 51.3 Å². The molecule has 18 heteroatoms. The van der Waals surface area contributed by atoms with E-state index in [9.17, 15) is 50.2 Å². The van der Waals surface area contributed by atoms with Gasteiger partial charge in [0, 0.05) is 85.4 Å². The van der Waals surface area contributed by atoms with Gasteiger partial charge in [0.05, 0.1) is 22.7 Å². The molecule has 0 fully saturated rings. The number of aromatic carboxylic acids is 1. The zero-order valence-electron chi connectivity index (χ0n) is 35.0. The summed E-state index contributed by atoms with van der Waals surface area (Å²) in [7, 11) is -5.38. The Balaban J connectivity index is 1.37. The number of imide groups is 1. The Labute approximate surface area is 358 Å². The third-order valence-corrected chi connectivity index (χ3v) is 13.2. The quantitative estimate of drug-likeness (QED) is 0.0656. The van der Waals surface area contributed by atoms with Crippen molar-refractivity contribution in [3.8, 4) is 11.5 Å². The summed E-state index contributed by atoms with van der Waals surface area (Å²) in [6.45, 7) is 8.02. The minimum atomic E-state index is -4.52. The molecule has 4 aliphatic rings. The van der Waals surface area contributed by atoms with Crippen LogP contribution in [0, 0.1) is 0 Å². The Morgan fingerprint density at radius 2 is 1.44 bits per heavy atom. The van der Waals surface area contributed by atoms with Crippen LogP contribution in [0.5, 0.6) is 11.5 Å². The summed E-state index contributed by atoms with van der Waals surface area (Å²) in [6.07, 6.45) is 7.57. The van der Waals surface area contributed by atoms with Gasteiger partial charge in [-0.3, -0.25) is 28.4 Å². The highest BCUT2D eigenvalue weighted by Gasteiger charge is 2.37. The Hall–Kier alpha value is -5.95. The van der Waals surface area contributed by atoms with E-state index in [0.717, 1.165) is 4.90 Å². The van der Waals surface area contributed by atoms with Gasteiger partial charge in [0.1, 0.15) is 30.1 Å². The zero-order chi connectivity index (χ0) is 45.3. The number of rotatable bonds is 13. The molecule has 3 aromatic carbocycles. The number of carboxylic acid groups (broad SMARTS) is 1. The van der Waals surface area contributed by atoms with Gasteiger partial charge in [-0.1, -0.05) is 12.1 Å².